The maximum absolute atomic E-state index is 5.75. The molecule has 1 aromatic rings. The fourth-order valence-corrected chi connectivity index (χ4v) is 1.89. The van der Waals surface area contributed by atoms with E-state index in [2.05, 4.69) is 0 Å². The van der Waals surface area contributed by atoms with Gasteiger partial charge in [0, 0.05) is 6.07 Å². The molecule has 1 heterocycles. The molecule has 0 aromatic heterocycles. The molecule has 0 atom stereocenters. The maximum atomic E-state index is 5.75. The number of rotatable bonds is 7. The van der Waals surface area contributed by atoms with Gasteiger partial charge in [0.2, 0.25) is 6.79 Å². The molecule has 19 heavy (non-hydrogen) atoms. The first-order chi connectivity index (χ1) is 9.20. The van der Waals surface area contributed by atoms with Gasteiger partial charge >= 0.3 is 0 Å². The summed E-state index contributed by atoms with van der Waals surface area (Å²) in [7, 11) is 0. The van der Waals surface area contributed by atoms with Crippen LogP contribution in [-0.4, -0.2) is 32.7 Å². The number of hydrogen-bond donors (Lipinski definition) is 1. The average Bonchev–Trinajstić information content (AvgIpc) is 2.81. The van der Waals surface area contributed by atoms with Gasteiger partial charge in [0.1, 0.15) is 12.4 Å². The smallest absolute Gasteiger partial charge is 0.231 e. The van der Waals surface area contributed by atoms with Crippen molar-refractivity contribution in [2.75, 3.05) is 26.6 Å². The van der Waals surface area contributed by atoms with E-state index in [1.807, 2.05) is 26.0 Å². The Hall–Kier alpha value is -1.46. The minimum absolute atomic E-state index is 0.212. The third kappa shape index (κ3) is 3.75. The van der Waals surface area contributed by atoms with Gasteiger partial charge < -0.3 is 24.7 Å². The van der Waals surface area contributed by atoms with Crippen LogP contribution in [0.15, 0.2) is 12.1 Å². The highest BCUT2D eigenvalue weighted by Gasteiger charge is 2.17. The molecule has 0 radical (unpaired) electrons. The van der Waals surface area contributed by atoms with E-state index in [4.69, 9.17) is 24.7 Å². The summed E-state index contributed by atoms with van der Waals surface area (Å²) in [5.74, 6) is 2.27. The van der Waals surface area contributed by atoms with E-state index in [-0.39, 0.29) is 12.9 Å². The minimum Gasteiger partial charge on any atom is -0.491 e. The zero-order chi connectivity index (χ0) is 13.7. The van der Waals surface area contributed by atoms with Gasteiger partial charge in [-0.1, -0.05) is 0 Å². The third-order valence-electron chi connectivity index (χ3n) is 2.76. The van der Waals surface area contributed by atoms with E-state index in [1.54, 1.807) is 0 Å². The van der Waals surface area contributed by atoms with Gasteiger partial charge in [-0.05, 0) is 38.4 Å². The predicted molar refractivity (Wildman–Crippen MR) is 71.9 cm³/mol. The van der Waals surface area contributed by atoms with E-state index < -0.39 is 0 Å². The van der Waals surface area contributed by atoms with Crippen molar-refractivity contribution in [1.29, 1.82) is 0 Å². The Morgan fingerprint density at radius 2 is 1.95 bits per heavy atom. The molecule has 0 saturated carbocycles. The van der Waals surface area contributed by atoms with Crippen molar-refractivity contribution in [3.63, 3.8) is 0 Å². The van der Waals surface area contributed by atoms with Gasteiger partial charge in [0.25, 0.3) is 0 Å². The zero-order valence-electron chi connectivity index (χ0n) is 11.5. The molecule has 1 aromatic carbocycles. The molecular formula is C14H21NO4. The molecule has 5 nitrogen and oxygen atoms in total. The van der Waals surface area contributed by atoms with Crippen LogP contribution in [0.2, 0.25) is 0 Å². The Kier molecular flexibility index (Phi) is 4.87. The fourth-order valence-electron chi connectivity index (χ4n) is 1.89. The van der Waals surface area contributed by atoms with Gasteiger partial charge in [-0.15, -0.1) is 0 Å². The second kappa shape index (κ2) is 6.63. The summed E-state index contributed by atoms with van der Waals surface area (Å²) in [4.78, 5) is 0. The molecule has 0 bridgehead atoms. The summed E-state index contributed by atoms with van der Waals surface area (Å²) >= 11 is 0. The molecule has 0 aliphatic carbocycles. The molecular weight excluding hydrogens is 246 g/mol. The summed E-state index contributed by atoms with van der Waals surface area (Å²) in [6, 6.07) is 3.80. The van der Waals surface area contributed by atoms with E-state index >= 15 is 0 Å². The third-order valence-corrected chi connectivity index (χ3v) is 2.76. The number of hydrogen-bond acceptors (Lipinski definition) is 5. The standard InChI is InChI=1S/C14H21NO4/c1-10(2)16-5-6-17-12-8-14-13(18-9-19-14)7-11(12)3-4-15/h7-8,10H,3-6,9,15H2,1-2H3. The van der Waals surface area contributed by atoms with E-state index in [1.165, 1.54) is 0 Å². The van der Waals surface area contributed by atoms with Gasteiger partial charge in [0.05, 0.1) is 12.7 Å². The summed E-state index contributed by atoms with van der Waals surface area (Å²) < 4.78 is 21.9. The first-order valence-electron chi connectivity index (χ1n) is 6.57. The number of nitrogens with two attached hydrogens (primary N) is 1. The molecule has 0 saturated heterocycles. The quantitative estimate of drug-likeness (QED) is 0.762. The summed E-state index contributed by atoms with van der Waals surface area (Å²) in [6.07, 6.45) is 0.959. The highest BCUT2D eigenvalue weighted by molar-refractivity contribution is 5.52. The molecule has 2 rings (SSSR count). The highest BCUT2D eigenvalue weighted by Crippen LogP contribution is 2.38. The molecule has 0 unspecified atom stereocenters. The largest absolute Gasteiger partial charge is 0.491 e. The molecule has 1 aliphatic rings. The number of fused-ring (bicyclic) bond motifs is 1. The molecule has 5 heteroatoms. The lowest BCUT2D eigenvalue weighted by molar-refractivity contribution is 0.0550. The predicted octanol–water partition coefficient (Wildman–Crippen LogP) is 1.72. The molecule has 1 aliphatic heterocycles. The second-order valence-electron chi connectivity index (χ2n) is 4.62. The molecule has 0 fully saturated rings. The maximum Gasteiger partial charge on any atom is 0.231 e. The van der Waals surface area contributed by atoms with Gasteiger partial charge in [-0.3, -0.25) is 0 Å². The van der Waals surface area contributed by atoms with Crippen LogP contribution in [0.3, 0.4) is 0 Å². The Balaban J connectivity index is 2.01. The van der Waals surface area contributed by atoms with Crippen molar-refractivity contribution in [3.8, 4) is 17.2 Å². The number of ether oxygens (including phenoxy) is 4. The molecule has 106 valence electrons. The summed E-state index contributed by atoms with van der Waals surface area (Å²) in [5.41, 5.74) is 6.66. The topological polar surface area (TPSA) is 62.9 Å². The SMILES string of the molecule is CC(C)OCCOc1cc2c(cc1CCN)OCO2. The van der Waals surface area contributed by atoms with Crippen LogP contribution in [0.5, 0.6) is 17.2 Å². The van der Waals surface area contributed by atoms with Gasteiger partial charge in [-0.25, -0.2) is 0 Å². The van der Waals surface area contributed by atoms with Crippen LogP contribution in [0, 0.1) is 0 Å². The molecule has 0 amide bonds. The van der Waals surface area contributed by atoms with E-state index in [0.29, 0.717) is 19.8 Å². The molecule has 2 N–H and O–H groups in total. The van der Waals surface area contributed by atoms with Gasteiger partial charge in [-0.2, -0.15) is 0 Å². The first kappa shape index (κ1) is 14.0. The lowest BCUT2D eigenvalue weighted by Gasteiger charge is -2.13. The Labute approximate surface area is 113 Å². The number of benzene rings is 1. The van der Waals surface area contributed by atoms with Crippen molar-refractivity contribution in [1.82, 2.24) is 0 Å². The van der Waals surface area contributed by atoms with E-state index in [9.17, 15) is 0 Å². The van der Waals surface area contributed by atoms with Crippen molar-refractivity contribution in [2.45, 2.75) is 26.4 Å². The van der Waals surface area contributed by atoms with Gasteiger partial charge in [0.15, 0.2) is 11.5 Å². The normalized spacial score (nSPS) is 13.1. The van der Waals surface area contributed by atoms with Crippen LogP contribution in [0.25, 0.3) is 0 Å². The lowest BCUT2D eigenvalue weighted by Crippen LogP contribution is -2.12. The lowest BCUT2D eigenvalue weighted by atomic mass is 10.1. The van der Waals surface area contributed by atoms with Crippen LogP contribution in [0.4, 0.5) is 0 Å². The second-order valence-corrected chi connectivity index (χ2v) is 4.62. The minimum atomic E-state index is 0.212. The van der Waals surface area contributed by atoms with Crippen molar-refractivity contribution < 1.29 is 18.9 Å². The van der Waals surface area contributed by atoms with Crippen molar-refractivity contribution in [2.24, 2.45) is 5.73 Å². The Morgan fingerprint density at radius 1 is 1.21 bits per heavy atom. The Bertz CT molecular complexity index is 420. The van der Waals surface area contributed by atoms with Crippen molar-refractivity contribution >= 4 is 0 Å². The highest BCUT2D eigenvalue weighted by atomic mass is 16.7. The monoisotopic (exact) mass is 267 g/mol. The summed E-state index contributed by atoms with van der Waals surface area (Å²) in [5, 5.41) is 0. The van der Waals surface area contributed by atoms with Crippen LogP contribution < -0.4 is 19.9 Å². The van der Waals surface area contributed by atoms with Crippen molar-refractivity contribution in [3.05, 3.63) is 17.7 Å². The van der Waals surface area contributed by atoms with Crippen LogP contribution in [-0.2, 0) is 11.2 Å². The Morgan fingerprint density at radius 3 is 2.63 bits per heavy atom. The van der Waals surface area contributed by atoms with Crippen LogP contribution in [0.1, 0.15) is 19.4 Å². The zero-order valence-corrected chi connectivity index (χ0v) is 11.5. The summed E-state index contributed by atoms with van der Waals surface area (Å²) in [6.45, 7) is 5.90. The average molecular weight is 267 g/mol. The first-order valence-corrected chi connectivity index (χ1v) is 6.57. The van der Waals surface area contributed by atoms with Crippen LogP contribution >= 0.6 is 0 Å². The fraction of sp³-hybridized carbons (Fsp3) is 0.571. The van der Waals surface area contributed by atoms with E-state index in [0.717, 1.165) is 29.2 Å². The molecule has 0 spiro atoms.